The Morgan fingerprint density at radius 3 is 2.83 bits per heavy atom. The standard InChI is InChI=1S/C17H19N3O6S3/c1-26-9-27-8-12(21)18-13-15(22)20-14(17(23)24)10(7-29-16(13)20)6-28-11-2-4-19(25)5-3-11/h2-5,13,16H,6-9H2,1H3,(H,18,21)(H,23,24)/t13-,16?/m0/s1. The fourth-order valence-electron chi connectivity index (χ4n) is 2.89. The first-order valence-electron chi connectivity index (χ1n) is 8.50. The third-order valence-corrected chi connectivity index (χ3v) is 7.49. The van der Waals surface area contributed by atoms with E-state index < -0.39 is 23.3 Å². The predicted octanol–water partition coefficient (Wildman–Crippen LogP) is 0.488. The summed E-state index contributed by atoms with van der Waals surface area (Å²) in [6.45, 7) is 0. The number of hydrogen-bond donors (Lipinski definition) is 2. The van der Waals surface area contributed by atoms with E-state index in [1.807, 2.05) is 0 Å². The van der Waals surface area contributed by atoms with Crippen LogP contribution in [0.4, 0.5) is 0 Å². The molecule has 1 aromatic heterocycles. The number of β-lactam (4-membered cyclic amide) rings is 1. The van der Waals surface area contributed by atoms with Crippen LogP contribution in [0.2, 0.25) is 0 Å². The number of carboxylic acid groups (broad SMARTS) is 1. The molecular weight excluding hydrogens is 438 g/mol. The maximum atomic E-state index is 12.6. The number of ether oxygens (including phenoxy) is 1. The van der Waals surface area contributed by atoms with Gasteiger partial charge in [-0.05, 0) is 5.57 Å². The van der Waals surface area contributed by atoms with Crippen LogP contribution in [0, 0.1) is 5.21 Å². The predicted molar refractivity (Wildman–Crippen MR) is 110 cm³/mol. The fraction of sp³-hybridized carbons (Fsp3) is 0.412. The third-order valence-electron chi connectivity index (χ3n) is 4.19. The summed E-state index contributed by atoms with van der Waals surface area (Å²) < 4.78 is 5.55. The molecule has 1 fully saturated rings. The minimum absolute atomic E-state index is 0.0136. The van der Waals surface area contributed by atoms with Crippen LogP contribution < -0.4 is 10.0 Å². The van der Waals surface area contributed by atoms with Gasteiger partial charge in [0.05, 0.1) is 11.7 Å². The van der Waals surface area contributed by atoms with Gasteiger partial charge in [-0.1, -0.05) is 0 Å². The van der Waals surface area contributed by atoms with E-state index in [1.54, 1.807) is 12.1 Å². The van der Waals surface area contributed by atoms with Crippen LogP contribution in [-0.2, 0) is 19.1 Å². The number of nitrogens with one attached hydrogen (secondary N) is 1. The van der Waals surface area contributed by atoms with Crippen LogP contribution in [0.25, 0.3) is 0 Å². The van der Waals surface area contributed by atoms with Crippen molar-refractivity contribution in [2.75, 3.05) is 30.3 Å². The number of fused-ring (bicyclic) bond motifs is 1. The highest BCUT2D eigenvalue weighted by molar-refractivity contribution is 8.01. The maximum Gasteiger partial charge on any atom is 0.352 e. The molecule has 0 bridgehead atoms. The molecule has 2 atom stereocenters. The number of nitrogens with zero attached hydrogens (tertiary/aromatic N) is 2. The minimum atomic E-state index is -1.16. The molecule has 3 rings (SSSR count). The lowest BCUT2D eigenvalue weighted by molar-refractivity contribution is -0.605. The molecule has 156 valence electrons. The van der Waals surface area contributed by atoms with E-state index in [-0.39, 0.29) is 17.4 Å². The van der Waals surface area contributed by atoms with Crippen molar-refractivity contribution in [1.29, 1.82) is 0 Å². The lowest BCUT2D eigenvalue weighted by atomic mass is 10.0. The molecule has 0 spiro atoms. The molecule has 0 aliphatic carbocycles. The smallest absolute Gasteiger partial charge is 0.352 e. The van der Waals surface area contributed by atoms with Crippen molar-refractivity contribution in [3.05, 3.63) is 41.0 Å². The van der Waals surface area contributed by atoms with Gasteiger partial charge in [-0.3, -0.25) is 14.5 Å². The number of rotatable bonds is 9. The van der Waals surface area contributed by atoms with E-state index in [4.69, 9.17) is 4.74 Å². The number of carboxylic acids is 1. The van der Waals surface area contributed by atoms with Crippen molar-refractivity contribution in [1.82, 2.24) is 10.2 Å². The normalized spacial score (nSPS) is 20.9. The van der Waals surface area contributed by atoms with Gasteiger partial charge >= 0.3 is 5.97 Å². The topological polar surface area (TPSA) is 123 Å². The van der Waals surface area contributed by atoms with Crippen LogP contribution >= 0.6 is 35.3 Å². The van der Waals surface area contributed by atoms with E-state index >= 15 is 0 Å². The van der Waals surface area contributed by atoms with Crippen LogP contribution in [0.1, 0.15) is 0 Å². The Labute approximate surface area is 179 Å². The summed E-state index contributed by atoms with van der Waals surface area (Å²) in [7, 11) is 1.53. The Hall–Kier alpha value is -1.89. The fourth-order valence-corrected chi connectivity index (χ4v) is 5.78. The number of carbonyl (C=O) groups excluding carboxylic acids is 2. The first-order valence-corrected chi connectivity index (χ1v) is 11.7. The summed E-state index contributed by atoms with van der Waals surface area (Å²) in [6.07, 6.45) is 2.75. The molecule has 3 heterocycles. The SMILES string of the molecule is COCSCC(=O)N[C@H]1C(=O)N2C(C(=O)O)=C(CSc3cc[n+]([O-])cc3)CSC12. The monoisotopic (exact) mass is 457 g/mol. The zero-order valence-electron chi connectivity index (χ0n) is 15.4. The van der Waals surface area contributed by atoms with Crippen molar-refractivity contribution in [3.8, 4) is 0 Å². The van der Waals surface area contributed by atoms with Gasteiger partial charge in [-0.25, -0.2) is 4.79 Å². The lowest BCUT2D eigenvalue weighted by Crippen LogP contribution is -2.70. The highest BCUT2D eigenvalue weighted by Crippen LogP contribution is 2.41. The first-order chi connectivity index (χ1) is 13.9. The number of pyridine rings is 1. The van der Waals surface area contributed by atoms with Gasteiger partial charge in [-0.15, -0.1) is 35.3 Å². The van der Waals surface area contributed by atoms with Crippen molar-refractivity contribution >= 4 is 53.1 Å². The van der Waals surface area contributed by atoms with Gasteiger partial charge in [0.25, 0.3) is 5.91 Å². The average molecular weight is 458 g/mol. The van der Waals surface area contributed by atoms with E-state index in [2.05, 4.69) is 5.32 Å². The molecule has 2 N–H and O–H groups in total. The molecular formula is C17H19N3O6S3. The second kappa shape index (κ2) is 9.74. The number of hydrogen-bond acceptors (Lipinski definition) is 8. The minimum Gasteiger partial charge on any atom is -0.619 e. The molecule has 1 aromatic rings. The molecule has 0 radical (unpaired) electrons. The Bertz CT molecular complexity index is 832. The number of methoxy groups -OCH3 is 1. The second-order valence-electron chi connectivity index (χ2n) is 6.15. The number of thioether (sulfide) groups is 3. The molecule has 9 nitrogen and oxygen atoms in total. The lowest BCUT2D eigenvalue weighted by Gasteiger charge is -2.49. The number of amides is 2. The van der Waals surface area contributed by atoms with Gasteiger partial charge in [0.2, 0.25) is 5.91 Å². The summed E-state index contributed by atoms with van der Waals surface area (Å²) >= 11 is 4.12. The molecule has 0 saturated carbocycles. The van der Waals surface area contributed by atoms with Crippen molar-refractivity contribution in [3.63, 3.8) is 0 Å². The zero-order chi connectivity index (χ0) is 21.0. The molecule has 0 aromatic carbocycles. The zero-order valence-corrected chi connectivity index (χ0v) is 17.8. The highest BCUT2D eigenvalue weighted by Gasteiger charge is 2.54. The van der Waals surface area contributed by atoms with Crippen molar-refractivity contribution < 1.29 is 29.0 Å². The summed E-state index contributed by atoms with van der Waals surface area (Å²) in [4.78, 5) is 38.5. The largest absolute Gasteiger partial charge is 0.619 e. The van der Waals surface area contributed by atoms with Gasteiger partial charge in [-0.2, -0.15) is 4.73 Å². The Balaban J connectivity index is 1.66. The molecule has 1 saturated heterocycles. The number of aliphatic carboxylic acids is 1. The van der Waals surface area contributed by atoms with Crippen LogP contribution in [0.15, 0.2) is 40.7 Å². The van der Waals surface area contributed by atoms with Gasteiger partial charge in [0, 0.05) is 35.6 Å². The summed E-state index contributed by atoms with van der Waals surface area (Å²) in [5.74, 6) is -0.489. The third kappa shape index (κ3) is 5.00. The quantitative estimate of drug-likeness (QED) is 0.136. The maximum absolute atomic E-state index is 12.6. The average Bonchev–Trinajstić information content (AvgIpc) is 2.71. The van der Waals surface area contributed by atoms with Gasteiger partial charge in [0.15, 0.2) is 12.4 Å². The number of aromatic nitrogens is 1. The second-order valence-corrected chi connectivity index (χ2v) is 9.24. The van der Waals surface area contributed by atoms with E-state index in [9.17, 15) is 24.7 Å². The van der Waals surface area contributed by atoms with Gasteiger partial charge < -0.3 is 20.4 Å². The van der Waals surface area contributed by atoms with Crippen molar-refractivity contribution in [2.24, 2.45) is 0 Å². The Morgan fingerprint density at radius 2 is 2.17 bits per heavy atom. The first kappa shape index (κ1) is 21.8. The Kier molecular flexibility index (Phi) is 7.33. The van der Waals surface area contributed by atoms with E-state index in [0.717, 1.165) is 4.90 Å². The Morgan fingerprint density at radius 1 is 1.45 bits per heavy atom. The summed E-state index contributed by atoms with van der Waals surface area (Å²) in [5.41, 5.74) is 0.622. The van der Waals surface area contributed by atoms with Crippen LogP contribution in [-0.4, -0.2) is 69.5 Å². The molecule has 2 amide bonds. The summed E-state index contributed by atoms with van der Waals surface area (Å²) in [6, 6.07) is 2.58. The number of carbonyl (C=O) groups is 3. The van der Waals surface area contributed by atoms with Crippen LogP contribution in [0.3, 0.4) is 0 Å². The van der Waals surface area contributed by atoms with Crippen molar-refractivity contribution in [2.45, 2.75) is 16.3 Å². The molecule has 2 aliphatic rings. The van der Waals surface area contributed by atoms with E-state index in [0.29, 0.717) is 27.7 Å². The highest BCUT2D eigenvalue weighted by atomic mass is 32.2. The molecule has 2 aliphatic heterocycles. The molecule has 29 heavy (non-hydrogen) atoms. The van der Waals surface area contributed by atoms with Gasteiger partial charge in [0.1, 0.15) is 17.1 Å². The summed E-state index contributed by atoms with van der Waals surface area (Å²) in [5, 5.41) is 23.0. The van der Waals surface area contributed by atoms with E-state index in [1.165, 1.54) is 59.7 Å². The molecule has 12 heteroatoms. The molecule has 1 unspecified atom stereocenters. The van der Waals surface area contributed by atoms with Crippen LogP contribution in [0.5, 0.6) is 0 Å².